The summed E-state index contributed by atoms with van der Waals surface area (Å²) in [6, 6.07) is 4.87. The van der Waals surface area contributed by atoms with Crippen LogP contribution >= 0.6 is 0 Å². The van der Waals surface area contributed by atoms with Crippen molar-refractivity contribution in [1.29, 1.82) is 4.78 Å². The molecule has 4 rings (SSSR count). The number of carbonyl (C=O) groups excluding carboxylic acids is 2. The maximum Gasteiger partial charge on any atom is 0.422 e. The van der Waals surface area contributed by atoms with Crippen LogP contribution in [0, 0.1) is 22.2 Å². The lowest BCUT2D eigenvalue weighted by Crippen LogP contribution is -2.32. The molecule has 0 saturated carbocycles. The molecule has 226 valence electrons. The van der Waals surface area contributed by atoms with Crippen LogP contribution in [0.4, 0.5) is 32.0 Å². The van der Waals surface area contributed by atoms with E-state index in [1.807, 2.05) is 0 Å². The Morgan fingerprint density at radius 2 is 1.88 bits per heavy atom. The van der Waals surface area contributed by atoms with Gasteiger partial charge in [-0.2, -0.15) is 18.3 Å². The van der Waals surface area contributed by atoms with Gasteiger partial charge in [-0.05, 0) is 55.2 Å². The summed E-state index contributed by atoms with van der Waals surface area (Å²) in [5, 5.41) is 9.38. The van der Waals surface area contributed by atoms with E-state index in [9.17, 15) is 40.1 Å². The first-order valence-corrected chi connectivity index (χ1v) is 14.6. The molecule has 9 nitrogen and oxygen atoms in total. The summed E-state index contributed by atoms with van der Waals surface area (Å²) < 4.78 is 105. The van der Waals surface area contributed by atoms with E-state index in [4.69, 9.17) is 9.52 Å². The minimum Gasteiger partial charge on any atom is -0.484 e. The number of halogens is 6. The zero-order valence-electron chi connectivity index (χ0n) is 22.2. The zero-order valence-corrected chi connectivity index (χ0v) is 23.0. The highest BCUT2D eigenvalue weighted by molar-refractivity contribution is 7.92. The van der Waals surface area contributed by atoms with E-state index in [1.165, 1.54) is 22.9 Å². The minimum absolute atomic E-state index is 0.00219. The first kappa shape index (κ1) is 30.9. The number of hydrogen-bond acceptors (Lipinski definition) is 6. The third-order valence-electron chi connectivity index (χ3n) is 6.24. The third-order valence-corrected chi connectivity index (χ3v) is 7.06. The average Bonchev–Trinajstić information content (AvgIpc) is 3.21. The minimum atomic E-state index is -4.53. The molecule has 3 N–H and O–H groups in total. The Labute approximate surface area is 236 Å². The van der Waals surface area contributed by atoms with Crippen molar-refractivity contribution in [3.63, 3.8) is 0 Å². The fraction of sp³-hybridized carbons (Fsp3) is 0.346. The maximum atomic E-state index is 14.1. The summed E-state index contributed by atoms with van der Waals surface area (Å²) in [6.07, 6.45) is -2.93. The molecule has 1 aliphatic heterocycles. The highest BCUT2D eigenvalue weighted by Gasteiger charge is 2.31. The number of hydrogen-bond donors (Lipinski definition) is 3. The van der Waals surface area contributed by atoms with Gasteiger partial charge in [0.2, 0.25) is 5.91 Å². The van der Waals surface area contributed by atoms with Crippen molar-refractivity contribution in [1.82, 2.24) is 15.1 Å². The van der Waals surface area contributed by atoms with Gasteiger partial charge in [0.1, 0.15) is 28.6 Å². The molecule has 0 radical (unpaired) electrons. The summed E-state index contributed by atoms with van der Waals surface area (Å²) in [5.74, 6) is -7.32. The normalized spacial score (nSPS) is 17.0. The predicted molar refractivity (Wildman–Crippen MR) is 140 cm³/mol. The first-order chi connectivity index (χ1) is 19.5. The van der Waals surface area contributed by atoms with Crippen LogP contribution < -0.4 is 15.4 Å². The smallest absolute Gasteiger partial charge is 0.422 e. The molecule has 0 aliphatic carbocycles. The van der Waals surface area contributed by atoms with Crippen molar-refractivity contribution < 1.29 is 44.9 Å². The number of amides is 2. The molecule has 2 atom stereocenters. The van der Waals surface area contributed by atoms with Crippen molar-refractivity contribution in [2.24, 2.45) is 0 Å². The molecular formula is C26H25F6N5O4S. The summed E-state index contributed by atoms with van der Waals surface area (Å²) in [5.41, 5.74) is 0.0695. The zero-order chi connectivity index (χ0) is 31.0. The number of nitrogens with one attached hydrogen (secondary N) is 3. The van der Waals surface area contributed by atoms with Crippen molar-refractivity contribution in [2.45, 2.75) is 38.5 Å². The van der Waals surface area contributed by atoms with E-state index in [1.54, 1.807) is 6.92 Å². The highest BCUT2D eigenvalue weighted by Crippen LogP contribution is 2.34. The third kappa shape index (κ3) is 7.21. The summed E-state index contributed by atoms with van der Waals surface area (Å²) in [4.78, 5) is 26.2. The Morgan fingerprint density at radius 1 is 1.21 bits per heavy atom. The molecule has 1 aliphatic rings. The van der Waals surface area contributed by atoms with Crippen LogP contribution in [-0.2, 0) is 27.5 Å². The molecule has 2 heterocycles. The largest absolute Gasteiger partial charge is 0.484 e. The van der Waals surface area contributed by atoms with Gasteiger partial charge in [0, 0.05) is 18.4 Å². The lowest BCUT2D eigenvalue weighted by atomic mass is 9.96. The van der Waals surface area contributed by atoms with Crippen LogP contribution in [0.1, 0.15) is 41.0 Å². The monoisotopic (exact) mass is 617 g/mol. The second kappa shape index (κ2) is 11.7. The highest BCUT2D eigenvalue weighted by atomic mass is 32.2. The molecule has 0 fully saturated rings. The fourth-order valence-electron chi connectivity index (χ4n) is 4.53. The number of aryl methyl sites for hydroxylation is 2. The number of aromatic nitrogens is 2. The first-order valence-electron chi connectivity index (χ1n) is 12.4. The number of anilines is 1. The maximum absolute atomic E-state index is 14.1. The molecule has 42 heavy (non-hydrogen) atoms. The van der Waals surface area contributed by atoms with E-state index >= 15 is 0 Å². The quantitative estimate of drug-likeness (QED) is 0.266. The second-order valence-corrected chi connectivity index (χ2v) is 12.1. The van der Waals surface area contributed by atoms with E-state index in [0.717, 1.165) is 6.26 Å². The summed E-state index contributed by atoms with van der Waals surface area (Å²) in [6.45, 7) is 0.136. The second-order valence-electron chi connectivity index (χ2n) is 9.81. The number of alkyl halides is 3. The number of ether oxygens (including phenoxy) is 1. The predicted octanol–water partition coefficient (Wildman–Crippen LogP) is 4.96. The Hall–Kier alpha value is -4.08. The van der Waals surface area contributed by atoms with Gasteiger partial charge in [-0.1, -0.05) is 6.07 Å². The van der Waals surface area contributed by atoms with E-state index in [-0.39, 0.29) is 41.4 Å². The summed E-state index contributed by atoms with van der Waals surface area (Å²) in [7, 11) is -3.32. The van der Waals surface area contributed by atoms with Crippen molar-refractivity contribution >= 4 is 27.2 Å². The molecule has 0 unspecified atom stereocenters. The number of rotatable bonds is 6. The van der Waals surface area contributed by atoms with E-state index in [2.05, 4.69) is 15.7 Å². The van der Waals surface area contributed by atoms with Crippen LogP contribution in [0.5, 0.6) is 5.75 Å². The molecular weight excluding hydrogens is 592 g/mol. The van der Waals surface area contributed by atoms with Gasteiger partial charge in [0.25, 0.3) is 5.91 Å². The lowest BCUT2D eigenvalue weighted by Gasteiger charge is -2.22. The lowest BCUT2D eigenvalue weighted by molar-refractivity contribution is -0.153. The van der Waals surface area contributed by atoms with Crippen LogP contribution in [0.25, 0.3) is 11.3 Å². The Balaban J connectivity index is 1.77. The number of nitrogens with zero attached hydrogens (tertiary/aromatic N) is 2. The fourth-order valence-corrected chi connectivity index (χ4v) is 5.10. The number of fused-ring (bicyclic) bond motifs is 2. The van der Waals surface area contributed by atoms with Crippen LogP contribution in [0.3, 0.4) is 0 Å². The van der Waals surface area contributed by atoms with Gasteiger partial charge in [-0.25, -0.2) is 17.4 Å². The standard InChI is InChI=1S/C26H25F6N5O4S/c1-13-17-6-5-16(41-12-26(30,31)32)8-14(17)4-3-7-37-24(25(39)34-13)23(35-20(38)11-42(2,33)40)22(36-37)15-9-18(27)21(29)19(28)10-15/h5-6,8-10,13,33H,3-4,7,11-12H2,1-2H3,(H,34,39)(H,35,38)/t13-,42-/m0/s1. The van der Waals surface area contributed by atoms with Crippen LogP contribution in [0.2, 0.25) is 0 Å². The van der Waals surface area contributed by atoms with Gasteiger partial charge in [0.15, 0.2) is 24.1 Å². The van der Waals surface area contributed by atoms with E-state index in [0.29, 0.717) is 29.7 Å². The molecule has 16 heteroatoms. The van der Waals surface area contributed by atoms with Crippen molar-refractivity contribution in [2.75, 3.05) is 23.9 Å². The van der Waals surface area contributed by atoms with Crippen LogP contribution in [0.15, 0.2) is 30.3 Å². The molecule has 1 aromatic heterocycles. The molecule has 0 bridgehead atoms. The topological polar surface area (TPSA) is 126 Å². The Morgan fingerprint density at radius 3 is 2.50 bits per heavy atom. The Kier molecular flexibility index (Phi) is 8.57. The van der Waals surface area contributed by atoms with Gasteiger partial charge in [0.05, 0.1) is 15.8 Å². The average molecular weight is 618 g/mol. The van der Waals surface area contributed by atoms with Gasteiger partial charge < -0.3 is 15.4 Å². The molecule has 2 aromatic carbocycles. The van der Waals surface area contributed by atoms with Gasteiger partial charge in [-0.3, -0.25) is 19.1 Å². The molecule has 3 aromatic rings. The van der Waals surface area contributed by atoms with Crippen molar-refractivity contribution in [3.05, 3.63) is 64.6 Å². The molecule has 2 amide bonds. The van der Waals surface area contributed by atoms with Crippen LogP contribution in [-0.4, -0.2) is 50.6 Å². The molecule has 0 spiro atoms. The van der Waals surface area contributed by atoms with E-state index < -0.39 is 63.6 Å². The number of carbonyl (C=O) groups is 2. The molecule has 0 saturated heterocycles. The van der Waals surface area contributed by atoms with Crippen molar-refractivity contribution in [3.8, 4) is 17.0 Å². The van der Waals surface area contributed by atoms with Gasteiger partial charge >= 0.3 is 6.18 Å². The van der Waals surface area contributed by atoms with Gasteiger partial charge in [-0.15, -0.1) is 0 Å². The Bertz CT molecular complexity index is 1630. The summed E-state index contributed by atoms with van der Waals surface area (Å²) >= 11 is 0. The number of benzene rings is 2. The SMILES string of the molecule is C[C@@H]1NC(=O)c2c(NC(=O)C[S@@](C)(=N)=O)c(-c3cc(F)c(F)c(F)c3)nn2CCCc2cc(OCC(F)(F)F)ccc21.